The van der Waals surface area contributed by atoms with Gasteiger partial charge in [0.25, 0.3) is 0 Å². The average molecular weight is 239 g/mol. The van der Waals surface area contributed by atoms with Crippen LogP contribution >= 0.6 is 11.6 Å². The summed E-state index contributed by atoms with van der Waals surface area (Å²) in [5.74, 6) is -0.330. The molecule has 2 rings (SSSR count). The van der Waals surface area contributed by atoms with Gasteiger partial charge in [0, 0.05) is 6.20 Å². The molecule has 1 heterocycles. The van der Waals surface area contributed by atoms with Crippen molar-refractivity contribution in [2.75, 3.05) is 0 Å². The zero-order chi connectivity index (χ0) is 11.9. The van der Waals surface area contributed by atoms with E-state index >= 15 is 0 Å². The molecule has 16 heavy (non-hydrogen) atoms. The molecule has 0 atom stereocenters. The minimum Gasteiger partial charge on any atom is -0.507 e. The molecule has 0 bridgehead atoms. The highest BCUT2D eigenvalue weighted by Gasteiger charge is 2.07. The predicted octanol–water partition coefficient (Wildman–Crippen LogP) is 0.649. The fraction of sp³-hybridized carbons (Fsp3) is 0. The first-order chi connectivity index (χ1) is 7.52. The molecule has 0 aromatic carbocycles. The topological polar surface area (TPSA) is 86.3 Å². The standard InChI is InChI=1S/C10H7ClN2O3/c11-5-4-6(12)10(15)8-7(14)2-1-3-13(16)9(5)8/h1-4,12,14,16H. The van der Waals surface area contributed by atoms with Crippen LogP contribution in [-0.2, 0) is 0 Å². The van der Waals surface area contributed by atoms with Crippen molar-refractivity contribution >= 4 is 11.6 Å². The van der Waals surface area contributed by atoms with E-state index in [1.165, 1.54) is 18.3 Å². The summed E-state index contributed by atoms with van der Waals surface area (Å²) in [5.41, 5.74) is -0.684. The van der Waals surface area contributed by atoms with Crippen LogP contribution in [0.1, 0.15) is 0 Å². The number of rotatable bonds is 0. The van der Waals surface area contributed by atoms with E-state index in [9.17, 15) is 15.1 Å². The van der Waals surface area contributed by atoms with E-state index in [1.54, 1.807) is 0 Å². The van der Waals surface area contributed by atoms with E-state index in [1.807, 2.05) is 0 Å². The van der Waals surface area contributed by atoms with E-state index in [2.05, 4.69) is 0 Å². The van der Waals surface area contributed by atoms with Gasteiger partial charge in [-0.15, -0.1) is 0 Å². The number of nitrogens with one attached hydrogen (secondary N) is 1. The summed E-state index contributed by atoms with van der Waals surface area (Å²) in [6, 6.07) is 3.72. The third kappa shape index (κ3) is 1.42. The summed E-state index contributed by atoms with van der Waals surface area (Å²) >= 11 is 5.82. The molecule has 1 aliphatic carbocycles. The summed E-state index contributed by atoms with van der Waals surface area (Å²) < 4.78 is 0.637. The second-order valence-electron chi connectivity index (χ2n) is 3.20. The van der Waals surface area contributed by atoms with Crippen LogP contribution in [0.15, 0.2) is 29.2 Å². The van der Waals surface area contributed by atoms with E-state index in [4.69, 9.17) is 17.0 Å². The van der Waals surface area contributed by atoms with Gasteiger partial charge < -0.3 is 10.3 Å². The highest BCUT2D eigenvalue weighted by atomic mass is 35.5. The van der Waals surface area contributed by atoms with Crippen LogP contribution in [0.25, 0.3) is 0 Å². The lowest BCUT2D eigenvalue weighted by molar-refractivity contribution is 0.178. The van der Waals surface area contributed by atoms with Crippen molar-refractivity contribution in [3.05, 3.63) is 55.6 Å². The lowest BCUT2D eigenvalue weighted by Crippen LogP contribution is -2.25. The van der Waals surface area contributed by atoms with Crippen molar-refractivity contribution in [1.82, 2.24) is 4.73 Å². The van der Waals surface area contributed by atoms with E-state index < -0.39 is 5.43 Å². The highest BCUT2D eigenvalue weighted by molar-refractivity contribution is 6.30. The second-order valence-corrected chi connectivity index (χ2v) is 3.60. The van der Waals surface area contributed by atoms with Crippen LogP contribution in [0.3, 0.4) is 0 Å². The van der Waals surface area contributed by atoms with Gasteiger partial charge in [-0.1, -0.05) is 11.6 Å². The maximum atomic E-state index is 11.7. The molecule has 0 aromatic rings. The van der Waals surface area contributed by atoms with Crippen LogP contribution in [0.5, 0.6) is 5.75 Å². The molecule has 0 fully saturated rings. The van der Waals surface area contributed by atoms with Gasteiger partial charge in [0.15, 0.2) is 0 Å². The summed E-state index contributed by atoms with van der Waals surface area (Å²) in [6.07, 6.45) is 1.23. The number of halogens is 1. The molecule has 3 N–H and O–H groups in total. The lowest BCUT2D eigenvalue weighted by Gasteiger charge is -1.98. The Balaban J connectivity index is 3.41. The highest BCUT2D eigenvalue weighted by Crippen LogP contribution is 2.13. The summed E-state index contributed by atoms with van der Waals surface area (Å²) in [5, 5.41) is 26.1. The number of hydrogen-bond donors (Lipinski definition) is 3. The monoisotopic (exact) mass is 238 g/mol. The largest absolute Gasteiger partial charge is 0.507 e. The molecular weight excluding hydrogens is 232 g/mol. The molecule has 0 amide bonds. The molecular formula is C10H7ClN2O3. The SMILES string of the molecule is N=c1cc(Cl)c2n(O)cccc(O)c=2c1=O. The van der Waals surface area contributed by atoms with Crippen molar-refractivity contribution in [2.45, 2.75) is 0 Å². The number of hydrogen-bond acceptors (Lipinski definition) is 4. The van der Waals surface area contributed by atoms with E-state index in [-0.39, 0.29) is 26.7 Å². The van der Waals surface area contributed by atoms with Gasteiger partial charge in [0.1, 0.15) is 16.5 Å². The van der Waals surface area contributed by atoms with Crippen LogP contribution in [-0.4, -0.2) is 15.0 Å². The Morgan fingerprint density at radius 2 is 2.12 bits per heavy atom. The van der Waals surface area contributed by atoms with E-state index in [0.29, 0.717) is 4.73 Å². The molecule has 82 valence electrons. The van der Waals surface area contributed by atoms with Crippen LogP contribution in [0.4, 0.5) is 0 Å². The average Bonchev–Trinajstić information content (AvgIpc) is 2.35. The number of aromatic hydroxyl groups is 1. The Labute approximate surface area is 93.9 Å². The first-order valence-corrected chi connectivity index (χ1v) is 4.71. The fourth-order valence-electron chi connectivity index (χ4n) is 1.46. The molecule has 0 radical (unpaired) electrons. The van der Waals surface area contributed by atoms with Crippen molar-refractivity contribution < 1.29 is 10.3 Å². The molecule has 2 aliphatic rings. The zero-order valence-electron chi connectivity index (χ0n) is 7.94. The van der Waals surface area contributed by atoms with Crippen molar-refractivity contribution in [3.8, 4) is 5.75 Å². The Hall–Kier alpha value is -2.01. The quantitative estimate of drug-likeness (QED) is 0.589. The first kappa shape index (κ1) is 10.5. The maximum Gasteiger partial charge on any atom is 0.216 e. The molecule has 0 spiro atoms. The van der Waals surface area contributed by atoms with Gasteiger partial charge in [-0.2, -0.15) is 4.73 Å². The molecule has 0 unspecified atom stereocenters. The van der Waals surface area contributed by atoms with E-state index in [0.717, 1.165) is 6.07 Å². The van der Waals surface area contributed by atoms with Crippen molar-refractivity contribution in [1.29, 1.82) is 5.41 Å². The second kappa shape index (κ2) is 3.53. The normalized spacial score (nSPS) is 10.6. The summed E-state index contributed by atoms with van der Waals surface area (Å²) in [6.45, 7) is 0. The number of nitrogens with zero attached hydrogens (tertiary/aromatic N) is 1. The molecule has 0 saturated heterocycles. The third-order valence-corrected chi connectivity index (χ3v) is 2.46. The summed E-state index contributed by atoms with van der Waals surface area (Å²) in [4.78, 5) is 11.7. The maximum absolute atomic E-state index is 11.7. The van der Waals surface area contributed by atoms with Gasteiger partial charge in [-0.25, -0.2) is 0 Å². The van der Waals surface area contributed by atoms with Crippen LogP contribution < -0.4 is 10.8 Å². The predicted molar refractivity (Wildman–Crippen MR) is 55.7 cm³/mol. The molecule has 1 aliphatic heterocycles. The Kier molecular flexibility index (Phi) is 2.32. The minimum atomic E-state index is -0.684. The first-order valence-electron chi connectivity index (χ1n) is 4.33. The molecule has 5 nitrogen and oxygen atoms in total. The Morgan fingerprint density at radius 3 is 2.81 bits per heavy atom. The van der Waals surface area contributed by atoms with Gasteiger partial charge in [0.05, 0.1) is 10.2 Å². The van der Waals surface area contributed by atoms with Gasteiger partial charge in [-0.3, -0.25) is 10.2 Å². The number of aromatic nitrogens is 1. The molecule has 6 heteroatoms. The van der Waals surface area contributed by atoms with Gasteiger partial charge in [-0.05, 0) is 18.2 Å². The minimum absolute atomic E-state index is 0.0219. The Morgan fingerprint density at radius 1 is 1.44 bits per heavy atom. The smallest absolute Gasteiger partial charge is 0.216 e. The molecule has 0 saturated carbocycles. The fourth-order valence-corrected chi connectivity index (χ4v) is 1.75. The van der Waals surface area contributed by atoms with Crippen LogP contribution in [0, 0.1) is 16.0 Å². The Bertz CT molecular complexity index is 739. The van der Waals surface area contributed by atoms with Crippen molar-refractivity contribution in [2.24, 2.45) is 0 Å². The third-order valence-electron chi connectivity index (χ3n) is 2.17. The van der Waals surface area contributed by atoms with Gasteiger partial charge in [0.2, 0.25) is 5.43 Å². The molecule has 0 aromatic heterocycles. The lowest BCUT2D eigenvalue weighted by atomic mass is 10.2. The van der Waals surface area contributed by atoms with Crippen LogP contribution in [0.2, 0.25) is 5.02 Å². The zero-order valence-corrected chi connectivity index (χ0v) is 8.69. The summed E-state index contributed by atoms with van der Waals surface area (Å²) in [7, 11) is 0. The van der Waals surface area contributed by atoms with Gasteiger partial charge >= 0.3 is 0 Å². The van der Waals surface area contributed by atoms with Crippen molar-refractivity contribution in [3.63, 3.8) is 0 Å².